The van der Waals surface area contributed by atoms with Crippen molar-refractivity contribution in [2.75, 3.05) is 38.0 Å². The summed E-state index contributed by atoms with van der Waals surface area (Å²) in [5, 5.41) is 3.36. The normalized spacial score (nSPS) is 20.9. The van der Waals surface area contributed by atoms with E-state index < -0.39 is 0 Å². The Morgan fingerprint density at radius 2 is 1.72 bits per heavy atom. The van der Waals surface area contributed by atoms with Crippen molar-refractivity contribution in [3.8, 4) is 0 Å². The fourth-order valence-electron chi connectivity index (χ4n) is 4.34. The molecule has 3 aliphatic rings. The first-order chi connectivity index (χ1) is 11.3. The van der Waals surface area contributed by atoms with Crippen LogP contribution in [0.15, 0.2) is 18.2 Å². The number of likely N-dealkylation sites (tertiary alicyclic amines) is 2. The number of anilines is 1. The maximum Gasteiger partial charge on any atom is 0.253 e. The highest BCUT2D eigenvalue weighted by Crippen LogP contribution is 2.25. The van der Waals surface area contributed by atoms with Gasteiger partial charge in [0.05, 0.1) is 0 Å². The molecule has 4 rings (SSSR count). The molecule has 6 heteroatoms. The van der Waals surface area contributed by atoms with E-state index in [-0.39, 0.29) is 30.7 Å². The van der Waals surface area contributed by atoms with Crippen molar-refractivity contribution >= 4 is 36.4 Å². The van der Waals surface area contributed by atoms with Gasteiger partial charge >= 0.3 is 0 Å². The van der Waals surface area contributed by atoms with Gasteiger partial charge in [-0.15, -0.1) is 24.8 Å². The second-order valence-corrected chi connectivity index (χ2v) is 7.17. The lowest BCUT2D eigenvalue weighted by atomic mass is 9.99. The van der Waals surface area contributed by atoms with E-state index in [1.807, 2.05) is 6.07 Å². The Kier molecular flexibility index (Phi) is 7.41. The molecule has 0 bridgehead atoms. The van der Waals surface area contributed by atoms with Crippen LogP contribution in [0.4, 0.5) is 5.69 Å². The number of rotatable bonds is 2. The Labute approximate surface area is 163 Å². The second kappa shape index (κ2) is 9.11. The molecule has 1 aromatic rings. The van der Waals surface area contributed by atoms with E-state index >= 15 is 0 Å². The Balaban J connectivity index is 0.00000113. The zero-order valence-corrected chi connectivity index (χ0v) is 16.3. The van der Waals surface area contributed by atoms with Crippen molar-refractivity contribution in [2.24, 2.45) is 0 Å². The van der Waals surface area contributed by atoms with Crippen molar-refractivity contribution in [1.82, 2.24) is 9.80 Å². The van der Waals surface area contributed by atoms with Crippen LogP contribution in [-0.4, -0.2) is 54.5 Å². The van der Waals surface area contributed by atoms with Gasteiger partial charge in [-0.1, -0.05) is 6.42 Å². The zero-order valence-electron chi connectivity index (χ0n) is 14.7. The fraction of sp³-hybridized carbons (Fsp3) is 0.632. The average Bonchev–Trinajstić information content (AvgIpc) is 3.10. The van der Waals surface area contributed by atoms with Gasteiger partial charge in [0.1, 0.15) is 0 Å². The summed E-state index contributed by atoms with van der Waals surface area (Å²) in [6.45, 7) is 5.34. The molecular formula is C19H29Cl2N3O. The number of halogens is 2. The van der Waals surface area contributed by atoms with Gasteiger partial charge in [-0.25, -0.2) is 0 Å². The van der Waals surface area contributed by atoms with Gasteiger partial charge in [0, 0.05) is 36.9 Å². The number of carbonyl (C=O) groups excluding carboxylic acids is 1. The molecule has 0 aromatic heterocycles. The van der Waals surface area contributed by atoms with Crippen LogP contribution in [0, 0.1) is 0 Å². The molecule has 4 nitrogen and oxygen atoms in total. The largest absolute Gasteiger partial charge is 0.384 e. The van der Waals surface area contributed by atoms with Gasteiger partial charge in [0.2, 0.25) is 0 Å². The number of nitrogens with zero attached hydrogens (tertiary/aromatic N) is 2. The summed E-state index contributed by atoms with van der Waals surface area (Å²) in [6, 6.07) is 6.84. The average molecular weight is 386 g/mol. The number of piperidine rings is 2. The lowest BCUT2D eigenvalue weighted by molar-refractivity contribution is 0.0590. The van der Waals surface area contributed by atoms with E-state index in [1.165, 1.54) is 43.6 Å². The molecule has 2 fully saturated rings. The highest BCUT2D eigenvalue weighted by Gasteiger charge is 2.28. The minimum Gasteiger partial charge on any atom is -0.384 e. The molecule has 25 heavy (non-hydrogen) atoms. The molecular weight excluding hydrogens is 357 g/mol. The minimum atomic E-state index is 0. The van der Waals surface area contributed by atoms with Crippen LogP contribution < -0.4 is 5.32 Å². The molecule has 0 saturated carbocycles. The summed E-state index contributed by atoms with van der Waals surface area (Å²) in [5.41, 5.74) is 3.35. The molecule has 140 valence electrons. The number of carbonyl (C=O) groups is 1. The number of hydrogen-bond acceptors (Lipinski definition) is 3. The smallest absolute Gasteiger partial charge is 0.253 e. The summed E-state index contributed by atoms with van der Waals surface area (Å²) in [4.78, 5) is 17.5. The van der Waals surface area contributed by atoms with Crippen molar-refractivity contribution < 1.29 is 4.79 Å². The van der Waals surface area contributed by atoms with E-state index in [0.717, 1.165) is 44.5 Å². The van der Waals surface area contributed by atoms with Gasteiger partial charge in [-0.05, 0) is 69.0 Å². The highest BCUT2D eigenvalue weighted by molar-refractivity contribution is 5.95. The Morgan fingerprint density at radius 3 is 2.44 bits per heavy atom. The summed E-state index contributed by atoms with van der Waals surface area (Å²) in [5.74, 6) is 0.219. The first kappa shape index (κ1) is 20.3. The quantitative estimate of drug-likeness (QED) is 0.844. The van der Waals surface area contributed by atoms with Crippen LogP contribution >= 0.6 is 24.8 Å². The zero-order chi connectivity index (χ0) is 15.6. The third-order valence-electron chi connectivity index (χ3n) is 5.72. The molecule has 3 heterocycles. The minimum absolute atomic E-state index is 0. The molecule has 0 radical (unpaired) electrons. The molecule has 0 aliphatic carbocycles. The van der Waals surface area contributed by atoms with E-state index in [4.69, 9.17) is 0 Å². The fourth-order valence-corrected chi connectivity index (χ4v) is 4.34. The van der Waals surface area contributed by atoms with Gasteiger partial charge < -0.3 is 15.1 Å². The Morgan fingerprint density at radius 1 is 1.00 bits per heavy atom. The molecule has 1 aromatic carbocycles. The maximum absolute atomic E-state index is 12.8. The number of benzene rings is 1. The first-order valence-electron chi connectivity index (χ1n) is 9.21. The lowest BCUT2D eigenvalue weighted by Gasteiger charge is -2.40. The summed E-state index contributed by atoms with van der Waals surface area (Å²) >= 11 is 0. The van der Waals surface area contributed by atoms with Crippen LogP contribution in [0.3, 0.4) is 0 Å². The van der Waals surface area contributed by atoms with Gasteiger partial charge in [-0.2, -0.15) is 0 Å². The second-order valence-electron chi connectivity index (χ2n) is 7.17. The van der Waals surface area contributed by atoms with Crippen molar-refractivity contribution in [3.63, 3.8) is 0 Å². The predicted molar refractivity (Wildman–Crippen MR) is 107 cm³/mol. The Hall–Kier alpha value is -0.970. The Bertz CT molecular complexity index is 582. The maximum atomic E-state index is 12.8. The standard InChI is InChI=1S/C19H27N3O.2ClH/c23-19(16-4-5-18-15(14-16)6-9-20-18)22-12-7-17(8-13-22)21-10-2-1-3-11-21;;/h4-5,14,17,20H,1-3,6-13H2;2*1H. The summed E-state index contributed by atoms with van der Waals surface area (Å²) in [6.07, 6.45) is 7.40. The topological polar surface area (TPSA) is 35.6 Å². The third kappa shape index (κ3) is 4.42. The van der Waals surface area contributed by atoms with Crippen molar-refractivity contribution in [1.29, 1.82) is 0 Å². The van der Waals surface area contributed by atoms with E-state index in [2.05, 4.69) is 27.2 Å². The monoisotopic (exact) mass is 385 g/mol. The highest BCUT2D eigenvalue weighted by atomic mass is 35.5. The van der Waals surface area contributed by atoms with Gasteiger partial charge in [0.25, 0.3) is 5.91 Å². The number of fused-ring (bicyclic) bond motifs is 1. The number of nitrogens with one attached hydrogen (secondary N) is 1. The SMILES string of the molecule is Cl.Cl.O=C(c1ccc2c(c1)CCN2)N1CCC(N2CCCCC2)CC1. The number of amides is 1. The first-order valence-corrected chi connectivity index (χ1v) is 9.21. The van der Waals surface area contributed by atoms with Crippen LogP contribution in [0.25, 0.3) is 0 Å². The molecule has 1 N–H and O–H groups in total. The molecule has 0 unspecified atom stereocenters. The summed E-state index contributed by atoms with van der Waals surface area (Å²) < 4.78 is 0. The molecule has 3 aliphatic heterocycles. The van der Waals surface area contributed by atoms with Crippen molar-refractivity contribution in [2.45, 2.75) is 44.6 Å². The van der Waals surface area contributed by atoms with Crippen LogP contribution in [0.2, 0.25) is 0 Å². The number of hydrogen-bond donors (Lipinski definition) is 1. The van der Waals surface area contributed by atoms with Gasteiger partial charge in [0.15, 0.2) is 0 Å². The van der Waals surface area contributed by atoms with Crippen molar-refractivity contribution in [3.05, 3.63) is 29.3 Å². The van der Waals surface area contributed by atoms with Crippen LogP contribution in [-0.2, 0) is 6.42 Å². The molecule has 1 amide bonds. The molecule has 2 saturated heterocycles. The summed E-state index contributed by atoms with van der Waals surface area (Å²) in [7, 11) is 0. The lowest BCUT2D eigenvalue weighted by Crippen LogP contribution is -2.48. The molecule has 0 spiro atoms. The van der Waals surface area contributed by atoms with Crippen LogP contribution in [0.5, 0.6) is 0 Å². The predicted octanol–water partition coefficient (Wildman–Crippen LogP) is 3.59. The van der Waals surface area contributed by atoms with E-state index in [9.17, 15) is 4.79 Å². The van der Waals surface area contributed by atoms with E-state index in [1.54, 1.807) is 0 Å². The van der Waals surface area contributed by atoms with Crippen LogP contribution in [0.1, 0.15) is 48.0 Å². The van der Waals surface area contributed by atoms with E-state index in [0.29, 0.717) is 6.04 Å². The van der Waals surface area contributed by atoms with Gasteiger partial charge in [-0.3, -0.25) is 4.79 Å². The molecule has 0 atom stereocenters. The third-order valence-corrected chi connectivity index (χ3v) is 5.72.